The molecule has 1 aliphatic rings. The van der Waals surface area contributed by atoms with E-state index in [4.69, 9.17) is 24.0 Å². The molecular formula is C32H31N3O7S. The topological polar surface area (TPSA) is 124 Å². The van der Waals surface area contributed by atoms with E-state index in [1.54, 1.807) is 74.6 Å². The molecule has 3 heterocycles. The van der Waals surface area contributed by atoms with Crippen molar-refractivity contribution in [2.45, 2.75) is 26.8 Å². The van der Waals surface area contributed by atoms with Crippen LogP contribution in [0.2, 0.25) is 0 Å². The van der Waals surface area contributed by atoms with Crippen LogP contribution in [0.15, 0.2) is 80.1 Å². The summed E-state index contributed by atoms with van der Waals surface area (Å²) >= 11 is 1.20. The standard InChI is InChI=1S/C32H31N3O7S/c1-6-34(7-2)30(37)27-18(3)33-32-35(28(27)23-16-21(40-4)12-15-25(23)41-5)29(36)26(43-32)17-22-13-14-24(42-22)19-8-10-20(11-9-19)31(38)39/h8-17,28H,6-7H2,1-5H3,(H,38,39)/b26-17+/t28-/m1/s1. The SMILES string of the molecule is CCN(CC)C(=O)C1=C(C)N=c2s/c(=C/c3ccc(-c4ccc(C(=O)O)cc4)o3)c(=O)n2[C@@H]1c1cc(OC)ccc1OC. The second kappa shape index (κ2) is 12.1. The van der Waals surface area contributed by atoms with E-state index in [2.05, 4.69) is 0 Å². The van der Waals surface area contributed by atoms with Gasteiger partial charge < -0.3 is 23.9 Å². The summed E-state index contributed by atoms with van der Waals surface area (Å²) in [6, 6.07) is 14.3. The van der Waals surface area contributed by atoms with Crippen LogP contribution in [-0.2, 0) is 4.79 Å². The Bertz CT molecular complexity index is 1910. The highest BCUT2D eigenvalue weighted by molar-refractivity contribution is 7.07. The summed E-state index contributed by atoms with van der Waals surface area (Å²) < 4.78 is 19.1. The van der Waals surface area contributed by atoms with Crippen LogP contribution in [0.1, 0.15) is 48.5 Å². The van der Waals surface area contributed by atoms with Crippen LogP contribution in [0, 0.1) is 0 Å². The normalized spacial score (nSPS) is 14.7. The molecule has 0 saturated heterocycles. The zero-order valence-corrected chi connectivity index (χ0v) is 25.2. The minimum Gasteiger partial charge on any atom is -0.497 e. The second-order valence-corrected chi connectivity index (χ2v) is 10.8. The molecule has 0 aliphatic carbocycles. The molecule has 4 aromatic rings. The number of methoxy groups -OCH3 is 2. The summed E-state index contributed by atoms with van der Waals surface area (Å²) in [5, 5.41) is 9.17. The number of amides is 1. The maximum atomic E-state index is 14.1. The molecule has 0 radical (unpaired) electrons. The quantitative estimate of drug-likeness (QED) is 0.307. The van der Waals surface area contributed by atoms with Crippen molar-refractivity contribution in [3.8, 4) is 22.8 Å². The van der Waals surface area contributed by atoms with E-state index in [9.17, 15) is 14.4 Å². The van der Waals surface area contributed by atoms with Gasteiger partial charge in [0, 0.05) is 30.3 Å². The number of allylic oxidation sites excluding steroid dienone is 1. The number of likely N-dealkylation sites (N-methyl/N-ethyl adjacent to an activating group) is 1. The fourth-order valence-corrected chi connectivity index (χ4v) is 6.14. The van der Waals surface area contributed by atoms with E-state index in [1.807, 2.05) is 13.8 Å². The van der Waals surface area contributed by atoms with Crippen LogP contribution >= 0.6 is 11.3 Å². The molecule has 0 spiro atoms. The van der Waals surface area contributed by atoms with Crippen molar-refractivity contribution in [2.75, 3.05) is 27.3 Å². The number of aromatic nitrogens is 1. The molecule has 5 rings (SSSR count). The fourth-order valence-electron chi connectivity index (χ4n) is 5.12. The van der Waals surface area contributed by atoms with E-state index in [-0.39, 0.29) is 17.0 Å². The summed E-state index contributed by atoms with van der Waals surface area (Å²) in [6.45, 7) is 6.59. The van der Waals surface area contributed by atoms with Crippen molar-refractivity contribution < 1.29 is 28.6 Å². The number of thiazole rings is 1. The number of hydrogen-bond donors (Lipinski definition) is 1. The number of nitrogens with zero attached hydrogens (tertiary/aromatic N) is 3. The number of carboxylic acid groups (broad SMARTS) is 1. The van der Waals surface area contributed by atoms with Crippen molar-refractivity contribution in [1.29, 1.82) is 0 Å². The maximum absolute atomic E-state index is 14.1. The second-order valence-electron chi connectivity index (χ2n) is 9.75. The van der Waals surface area contributed by atoms with Gasteiger partial charge in [0.15, 0.2) is 4.80 Å². The number of carbonyl (C=O) groups is 2. The van der Waals surface area contributed by atoms with Crippen molar-refractivity contribution >= 4 is 29.3 Å². The summed E-state index contributed by atoms with van der Waals surface area (Å²) in [5.41, 5.74) is 2.05. The number of carbonyl (C=O) groups excluding carboxylic acids is 1. The Labute approximate surface area is 251 Å². The highest BCUT2D eigenvalue weighted by Gasteiger charge is 2.36. The van der Waals surface area contributed by atoms with Gasteiger partial charge in [-0.25, -0.2) is 9.79 Å². The molecule has 222 valence electrons. The van der Waals surface area contributed by atoms with Crippen LogP contribution < -0.4 is 24.4 Å². The molecule has 10 nitrogen and oxygen atoms in total. The molecular weight excluding hydrogens is 570 g/mol. The number of carboxylic acids is 1. The molecule has 1 N–H and O–H groups in total. The highest BCUT2D eigenvalue weighted by atomic mass is 32.1. The van der Waals surface area contributed by atoms with Crippen molar-refractivity contribution in [3.63, 3.8) is 0 Å². The number of rotatable bonds is 9. The summed E-state index contributed by atoms with van der Waals surface area (Å²) in [7, 11) is 3.10. The third-order valence-electron chi connectivity index (χ3n) is 7.35. The number of furan rings is 1. The molecule has 0 bridgehead atoms. The maximum Gasteiger partial charge on any atom is 0.335 e. The van der Waals surface area contributed by atoms with Gasteiger partial charge in [-0.15, -0.1) is 0 Å². The average Bonchev–Trinajstić information content (AvgIpc) is 3.60. The number of aromatic carboxylic acids is 1. The van der Waals surface area contributed by atoms with Crippen LogP contribution in [0.5, 0.6) is 11.5 Å². The van der Waals surface area contributed by atoms with E-state index in [1.165, 1.54) is 28.0 Å². The zero-order valence-electron chi connectivity index (χ0n) is 24.4. The fraction of sp³-hybridized carbons (Fsp3) is 0.250. The number of benzene rings is 2. The van der Waals surface area contributed by atoms with Crippen molar-refractivity contribution in [1.82, 2.24) is 9.47 Å². The minimum atomic E-state index is -1.01. The molecule has 43 heavy (non-hydrogen) atoms. The number of hydrogen-bond acceptors (Lipinski definition) is 8. The molecule has 2 aromatic heterocycles. The Kier molecular flexibility index (Phi) is 8.36. The Morgan fingerprint density at radius 3 is 2.42 bits per heavy atom. The molecule has 0 saturated carbocycles. The number of ether oxygens (including phenoxy) is 2. The summed E-state index contributed by atoms with van der Waals surface area (Å²) in [5.74, 6) is 0.807. The first kappa shape index (κ1) is 29.6. The monoisotopic (exact) mass is 601 g/mol. The molecule has 0 unspecified atom stereocenters. The predicted octanol–water partition coefficient (Wildman–Crippen LogP) is 4.08. The average molecular weight is 602 g/mol. The van der Waals surface area contributed by atoms with Gasteiger partial charge in [-0.3, -0.25) is 14.2 Å². The largest absolute Gasteiger partial charge is 0.497 e. The molecule has 0 fully saturated rings. The molecule has 11 heteroatoms. The predicted molar refractivity (Wildman–Crippen MR) is 162 cm³/mol. The Morgan fingerprint density at radius 2 is 1.79 bits per heavy atom. The van der Waals surface area contributed by atoms with Gasteiger partial charge in [0.25, 0.3) is 11.5 Å². The molecule has 2 aromatic carbocycles. The van der Waals surface area contributed by atoms with E-state index in [0.717, 1.165) is 0 Å². The lowest BCUT2D eigenvalue weighted by Crippen LogP contribution is -2.43. The Morgan fingerprint density at radius 1 is 1.07 bits per heavy atom. The van der Waals surface area contributed by atoms with Gasteiger partial charge in [0.2, 0.25) is 0 Å². The Hall–Kier alpha value is -4.90. The van der Waals surface area contributed by atoms with Gasteiger partial charge in [-0.2, -0.15) is 0 Å². The van der Waals surface area contributed by atoms with Crippen LogP contribution in [-0.4, -0.2) is 53.8 Å². The Balaban J connectivity index is 1.66. The third kappa shape index (κ3) is 5.51. The van der Waals surface area contributed by atoms with E-state index in [0.29, 0.717) is 67.8 Å². The van der Waals surface area contributed by atoms with Gasteiger partial charge in [-0.1, -0.05) is 23.5 Å². The minimum absolute atomic E-state index is 0.174. The summed E-state index contributed by atoms with van der Waals surface area (Å²) in [6.07, 6.45) is 1.64. The van der Waals surface area contributed by atoms with Crippen LogP contribution in [0.4, 0.5) is 0 Å². The third-order valence-corrected chi connectivity index (χ3v) is 8.33. The van der Waals surface area contributed by atoms with Gasteiger partial charge in [0.1, 0.15) is 29.1 Å². The van der Waals surface area contributed by atoms with Crippen molar-refractivity contribution in [3.05, 3.63) is 102 Å². The first-order valence-corrected chi connectivity index (χ1v) is 14.5. The van der Waals surface area contributed by atoms with Gasteiger partial charge in [-0.05, 0) is 63.2 Å². The zero-order chi connectivity index (χ0) is 30.8. The van der Waals surface area contributed by atoms with Crippen molar-refractivity contribution in [2.24, 2.45) is 4.99 Å². The lowest BCUT2D eigenvalue weighted by atomic mass is 9.93. The first-order valence-electron chi connectivity index (χ1n) is 13.7. The smallest absolute Gasteiger partial charge is 0.335 e. The number of fused-ring (bicyclic) bond motifs is 1. The molecule has 1 aliphatic heterocycles. The van der Waals surface area contributed by atoms with Crippen LogP contribution in [0.25, 0.3) is 17.4 Å². The first-order chi connectivity index (χ1) is 20.7. The van der Waals surface area contributed by atoms with Gasteiger partial charge in [0.05, 0.1) is 35.6 Å². The lowest BCUT2D eigenvalue weighted by Gasteiger charge is -2.30. The molecule has 1 amide bonds. The lowest BCUT2D eigenvalue weighted by molar-refractivity contribution is -0.127. The van der Waals surface area contributed by atoms with Gasteiger partial charge >= 0.3 is 5.97 Å². The highest BCUT2D eigenvalue weighted by Crippen LogP contribution is 2.38. The summed E-state index contributed by atoms with van der Waals surface area (Å²) in [4.78, 5) is 46.0. The van der Waals surface area contributed by atoms with Crippen LogP contribution in [0.3, 0.4) is 0 Å². The van der Waals surface area contributed by atoms with E-state index >= 15 is 0 Å². The van der Waals surface area contributed by atoms with E-state index < -0.39 is 12.0 Å². The molecule has 1 atom stereocenters.